The molecule has 0 aliphatic rings. The lowest BCUT2D eigenvalue weighted by Crippen LogP contribution is -2.24. The Morgan fingerprint density at radius 2 is 1.03 bits per heavy atom. The summed E-state index contributed by atoms with van der Waals surface area (Å²) in [5, 5.41) is 7.89. The maximum Gasteiger partial charge on any atom is 0.277 e. The normalized spacial score (nSPS) is 11.0. The van der Waals surface area contributed by atoms with E-state index in [0.717, 1.165) is 33.4 Å². The number of rotatable bonds is 10. The molecule has 0 radical (unpaired) electrons. The highest BCUT2D eigenvalue weighted by Crippen LogP contribution is 2.17. The summed E-state index contributed by atoms with van der Waals surface area (Å²) < 4.78 is 11.0. The summed E-state index contributed by atoms with van der Waals surface area (Å²) in [6, 6.07) is 18.6. The molecule has 3 aromatic carbocycles. The molecule has 8 nitrogen and oxygen atoms in total. The van der Waals surface area contributed by atoms with Crippen LogP contribution in [0.2, 0.25) is 0 Å². The molecule has 3 aromatic rings. The zero-order valence-electron chi connectivity index (χ0n) is 20.9. The zero-order chi connectivity index (χ0) is 25.9. The van der Waals surface area contributed by atoms with Gasteiger partial charge in [0.2, 0.25) is 0 Å². The molecule has 0 heterocycles. The average molecular weight is 487 g/mol. The Morgan fingerprint density at radius 1 is 0.639 bits per heavy atom. The molecule has 186 valence electrons. The second kappa shape index (κ2) is 12.9. The molecule has 0 spiro atoms. The largest absolute Gasteiger partial charge is 0.484 e. The highest BCUT2D eigenvalue weighted by Gasteiger charge is 2.04. The lowest BCUT2D eigenvalue weighted by molar-refractivity contribution is -0.123. The number of ether oxygens (including phenoxy) is 2. The van der Waals surface area contributed by atoms with Gasteiger partial charge in [0, 0.05) is 0 Å². The summed E-state index contributed by atoms with van der Waals surface area (Å²) in [7, 11) is 0. The number of hydrogen-bond donors (Lipinski definition) is 2. The molecule has 0 aromatic heterocycles. The molecule has 0 aliphatic carbocycles. The van der Waals surface area contributed by atoms with Crippen molar-refractivity contribution in [3.05, 3.63) is 94.0 Å². The SMILES string of the molecule is Cc1ccc(OCC(=O)N/N=C/c2ccc(/C=N/NC(=O)COc3ccc(C)c(C)c3)cc2)cc1C. The van der Waals surface area contributed by atoms with Crippen LogP contribution in [0.4, 0.5) is 0 Å². The maximum absolute atomic E-state index is 11.9. The smallest absolute Gasteiger partial charge is 0.277 e. The topological polar surface area (TPSA) is 101 Å². The fraction of sp³-hybridized carbons (Fsp3) is 0.214. The van der Waals surface area contributed by atoms with Crippen molar-refractivity contribution in [1.29, 1.82) is 0 Å². The van der Waals surface area contributed by atoms with Gasteiger partial charge in [0.25, 0.3) is 11.8 Å². The Bertz CT molecular complexity index is 1170. The Kier molecular flexibility index (Phi) is 9.33. The van der Waals surface area contributed by atoms with Gasteiger partial charge in [0.1, 0.15) is 11.5 Å². The molecule has 0 atom stereocenters. The van der Waals surface area contributed by atoms with E-state index in [1.54, 1.807) is 0 Å². The van der Waals surface area contributed by atoms with Crippen molar-refractivity contribution < 1.29 is 19.1 Å². The van der Waals surface area contributed by atoms with E-state index in [1.165, 1.54) is 12.4 Å². The fourth-order valence-electron chi connectivity index (χ4n) is 3.00. The van der Waals surface area contributed by atoms with Gasteiger partial charge >= 0.3 is 0 Å². The molecule has 2 amide bonds. The first-order valence-corrected chi connectivity index (χ1v) is 11.4. The lowest BCUT2D eigenvalue weighted by atomic mass is 10.1. The van der Waals surface area contributed by atoms with Crippen molar-refractivity contribution in [2.45, 2.75) is 27.7 Å². The first-order valence-electron chi connectivity index (χ1n) is 11.4. The number of benzene rings is 3. The van der Waals surface area contributed by atoms with Gasteiger partial charge in [-0.3, -0.25) is 9.59 Å². The van der Waals surface area contributed by atoms with Gasteiger partial charge in [-0.1, -0.05) is 36.4 Å². The van der Waals surface area contributed by atoms with Crippen LogP contribution < -0.4 is 20.3 Å². The quantitative estimate of drug-likeness (QED) is 0.334. The fourth-order valence-corrected chi connectivity index (χ4v) is 3.00. The van der Waals surface area contributed by atoms with E-state index in [9.17, 15) is 9.59 Å². The van der Waals surface area contributed by atoms with E-state index in [0.29, 0.717) is 11.5 Å². The molecular weight excluding hydrogens is 456 g/mol. The first kappa shape index (κ1) is 26.2. The van der Waals surface area contributed by atoms with Crippen molar-refractivity contribution in [1.82, 2.24) is 10.9 Å². The van der Waals surface area contributed by atoms with Crippen molar-refractivity contribution in [2.75, 3.05) is 13.2 Å². The van der Waals surface area contributed by atoms with E-state index in [4.69, 9.17) is 9.47 Å². The van der Waals surface area contributed by atoms with Crippen LogP contribution >= 0.6 is 0 Å². The number of nitrogens with zero attached hydrogens (tertiary/aromatic N) is 2. The number of aryl methyl sites for hydroxylation is 4. The van der Waals surface area contributed by atoms with Crippen LogP contribution in [-0.2, 0) is 9.59 Å². The Morgan fingerprint density at radius 3 is 1.39 bits per heavy atom. The van der Waals surface area contributed by atoms with Crippen molar-refractivity contribution in [3.8, 4) is 11.5 Å². The summed E-state index contributed by atoms with van der Waals surface area (Å²) in [6.45, 7) is 7.75. The maximum atomic E-state index is 11.9. The zero-order valence-corrected chi connectivity index (χ0v) is 20.9. The van der Waals surface area contributed by atoms with Crippen LogP contribution in [0.25, 0.3) is 0 Å². The Hall–Kier alpha value is -4.46. The summed E-state index contributed by atoms with van der Waals surface area (Å²) in [5.41, 5.74) is 11.0. The predicted octanol–water partition coefficient (Wildman–Crippen LogP) is 3.98. The summed E-state index contributed by atoms with van der Waals surface area (Å²) in [5.74, 6) is 0.565. The van der Waals surface area contributed by atoms with Crippen LogP contribution in [-0.4, -0.2) is 37.5 Å². The van der Waals surface area contributed by atoms with Gasteiger partial charge in [0.15, 0.2) is 13.2 Å². The lowest BCUT2D eigenvalue weighted by Gasteiger charge is -2.07. The van der Waals surface area contributed by atoms with E-state index >= 15 is 0 Å². The molecule has 8 heteroatoms. The third-order valence-corrected chi connectivity index (χ3v) is 5.44. The van der Waals surface area contributed by atoms with Crippen LogP contribution in [0.3, 0.4) is 0 Å². The Balaban J connectivity index is 1.38. The van der Waals surface area contributed by atoms with E-state index in [2.05, 4.69) is 21.1 Å². The number of carbonyl (C=O) groups is 2. The highest BCUT2D eigenvalue weighted by molar-refractivity contribution is 5.86. The average Bonchev–Trinajstić information content (AvgIpc) is 2.86. The van der Waals surface area contributed by atoms with Gasteiger partial charge in [-0.05, 0) is 85.3 Å². The number of amides is 2. The van der Waals surface area contributed by atoms with Gasteiger partial charge in [0.05, 0.1) is 12.4 Å². The third-order valence-electron chi connectivity index (χ3n) is 5.44. The molecule has 0 bridgehead atoms. The second-order valence-corrected chi connectivity index (χ2v) is 8.32. The van der Waals surface area contributed by atoms with Crippen molar-refractivity contribution >= 4 is 24.2 Å². The second-order valence-electron chi connectivity index (χ2n) is 8.32. The van der Waals surface area contributed by atoms with Crippen molar-refractivity contribution in [2.24, 2.45) is 10.2 Å². The highest BCUT2D eigenvalue weighted by atomic mass is 16.5. The minimum Gasteiger partial charge on any atom is -0.484 e. The third kappa shape index (κ3) is 8.39. The van der Waals surface area contributed by atoms with E-state index < -0.39 is 0 Å². The van der Waals surface area contributed by atoms with Crippen LogP contribution in [0.1, 0.15) is 33.4 Å². The summed E-state index contributed by atoms with van der Waals surface area (Å²) in [4.78, 5) is 23.9. The standard InChI is InChI=1S/C28H30N4O4/c1-19-5-11-25(13-21(19)3)35-17-27(33)31-29-15-23-7-9-24(10-8-23)16-30-32-28(34)18-36-26-12-6-20(2)22(4)14-26/h5-16H,17-18H2,1-4H3,(H,31,33)(H,32,34)/b29-15+,30-16+. The van der Waals surface area contributed by atoms with Crippen LogP contribution in [0.5, 0.6) is 11.5 Å². The van der Waals surface area contributed by atoms with Crippen LogP contribution in [0.15, 0.2) is 70.9 Å². The first-order chi connectivity index (χ1) is 17.3. The molecule has 0 unspecified atom stereocenters. The molecule has 0 fully saturated rings. The number of hydrazone groups is 2. The van der Waals surface area contributed by atoms with E-state index in [1.807, 2.05) is 88.4 Å². The molecule has 36 heavy (non-hydrogen) atoms. The molecular formula is C28H30N4O4. The number of hydrogen-bond acceptors (Lipinski definition) is 6. The van der Waals surface area contributed by atoms with Crippen molar-refractivity contribution in [3.63, 3.8) is 0 Å². The van der Waals surface area contributed by atoms with Gasteiger partial charge in [-0.2, -0.15) is 10.2 Å². The molecule has 2 N–H and O–H groups in total. The minimum atomic E-state index is -0.356. The summed E-state index contributed by atoms with van der Waals surface area (Å²) in [6.07, 6.45) is 3.06. The monoisotopic (exact) mass is 486 g/mol. The molecule has 0 saturated carbocycles. The molecule has 3 rings (SSSR count). The Labute approximate surface area is 211 Å². The van der Waals surface area contributed by atoms with Crippen LogP contribution in [0, 0.1) is 27.7 Å². The summed E-state index contributed by atoms with van der Waals surface area (Å²) >= 11 is 0. The van der Waals surface area contributed by atoms with E-state index in [-0.39, 0.29) is 25.0 Å². The minimum absolute atomic E-state index is 0.128. The predicted molar refractivity (Wildman–Crippen MR) is 141 cm³/mol. The molecule has 0 saturated heterocycles. The number of nitrogens with one attached hydrogen (secondary N) is 2. The number of carbonyl (C=O) groups excluding carboxylic acids is 2. The molecule has 0 aliphatic heterocycles. The van der Waals surface area contributed by atoms with Gasteiger partial charge < -0.3 is 9.47 Å². The van der Waals surface area contributed by atoms with Gasteiger partial charge in [-0.15, -0.1) is 0 Å². The van der Waals surface area contributed by atoms with Gasteiger partial charge in [-0.25, -0.2) is 10.9 Å².